The number of hydrogen-bond acceptors (Lipinski definition) is 3. The lowest BCUT2D eigenvalue weighted by Crippen LogP contribution is -2.23. The summed E-state index contributed by atoms with van der Waals surface area (Å²) >= 11 is 12.3. The highest BCUT2D eigenvalue weighted by Gasteiger charge is 2.29. The van der Waals surface area contributed by atoms with Crippen LogP contribution in [0, 0.1) is 5.92 Å². The van der Waals surface area contributed by atoms with Crippen molar-refractivity contribution in [2.75, 3.05) is 20.2 Å². The van der Waals surface area contributed by atoms with Crippen molar-refractivity contribution in [1.82, 2.24) is 4.90 Å². The molecule has 5 heteroatoms. The second-order valence-corrected chi connectivity index (χ2v) is 5.26. The summed E-state index contributed by atoms with van der Waals surface area (Å²) in [4.78, 5) is 13.6. The van der Waals surface area contributed by atoms with E-state index < -0.39 is 0 Å². The number of nitrogens with zero attached hydrogens (tertiary/aromatic N) is 1. The van der Waals surface area contributed by atoms with Crippen LogP contribution in [0.25, 0.3) is 0 Å². The molecule has 98 valence electrons. The number of methoxy groups -OCH3 is 1. The van der Waals surface area contributed by atoms with Gasteiger partial charge < -0.3 is 4.74 Å². The van der Waals surface area contributed by atoms with Crippen molar-refractivity contribution in [2.24, 2.45) is 5.92 Å². The Hall–Kier alpha value is -0.770. The molecule has 0 N–H and O–H groups in total. The van der Waals surface area contributed by atoms with Gasteiger partial charge in [-0.05, 0) is 25.1 Å². The van der Waals surface area contributed by atoms with Gasteiger partial charge in [0.2, 0.25) is 0 Å². The van der Waals surface area contributed by atoms with Gasteiger partial charge in [0.15, 0.2) is 0 Å². The van der Waals surface area contributed by atoms with Crippen LogP contribution in [-0.4, -0.2) is 31.1 Å². The molecule has 1 aromatic carbocycles. The Morgan fingerprint density at radius 3 is 2.72 bits per heavy atom. The first-order valence-corrected chi connectivity index (χ1v) is 6.60. The summed E-state index contributed by atoms with van der Waals surface area (Å²) < 4.78 is 4.76. The number of carbonyl (C=O) groups excluding carboxylic acids is 1. The zero-order valence-electron chi connectivity index (χ0n) is 10.2. The van der Waals surface area contributed by atoms with Crippen molar-refractivity contribution in [3.63, 3.8) is 0 Å². The summed E-state index contributed by atoms with van der Waals surface area (Å²) in [5.74, 6) is -0.168. The normalized spacial score (nSPS) is 20.1. The van der Waals surface area contributed by atoms with Crippen molar-refractivity contribution in [3.05, 3.63) is 33.8 Å². The highest BCUT2D eigenvalue weighted by atomic mass is 35.5. The third-order valence-corrected chi connectivity index (χ3v) is 3.96. The number of hydrogen-bond donors (Lipinski definition) is 0. The van der Waals surface area contributed by atoms with Gasteiger partial charge in [-0.2, -0.15) is 0 Å². The summed E-state index contributed by atoms with van der Waals surface area (Å²) in [7, 11) is 1.43. The maximum atomic E-state index is 11.4. The largest absolute Gasteiger partial charge is 0.469 e. The standard InChI is InChI=1S/C13H15Cl2NO2/c1-18-13(17)9-5-6-16(7-9)8-10-11(14)3-2-4-12(10)15/h2-4,9H,5-8H2,1H3. The Bertz CT molecular complexity index is 430. The van der Waals surface area contributed by atoms with Crippen LogP contribution in [0.3, 0.4) is 0 Å². The van der Waals surface area contributed by atoms with Crippen LogP contribution in [0.5, 0.6) is 0 Å². The van der Waals surface area contributed by atoms with E-state index >= 15 is 0 Å². The summed E-state index contributed by atoms with van der Waals surface area (Å²) in [6, 6.07) is 5.49. The van der Waals surface area contributed by atoms with Crippen LogP contribution < -0.4 is 0 Å². The lowest BCUT2D eigenvalue weighted by atomic mass is 10.1. The van der Waals surface area contributed by atoms with Crippen LogP contribution in [-0.2, 0) is 16.1 Å². The summed E-state index contributed by atoms with van der Waals surface area (Å²) in [5, 5.41) is 1.34. The van der Waals surface area contributed by atoms with E-state index in [1.807, 2.05) is 18.2 Å². The van der Waals surface area contributed by atoms with Gasteiger partial charge in [-0.1, -0.05) is 29.3 Å². The molecule has 0 aromatic heterocycles. The Labute approximate surface area is 117 Å². The second kappa shape index (κ2) is 5.91. The van der Waals surface area contributed by atoms with E-state index in [1.165, 1.54) is 7.11 Å². The predicted octanol–water partition coefficient (Wildman–Crippen LogP) is 2.99. The number of ether oxygens (including phenoxy) is 1. The van der Waals surface area contributed by atoms with Gasteiger partial charge in [0.1, 0.15) is 0 Å². The number of rotatable bonds is 3. The molecule has 1 saturated heterocycles. The molecule has 1 unspecified atom stereocenters. The minimum absolute atomic E-state index is 0.0312. The highest BCUT2D eigenvalue weighted by molar-refractivity contribution is 6.35. The Morgan fingerprint density at radius 1 is 1.44 bits per heavy atom. The first-order chi connectivity index (χ1) is 8.61. The van der Waals surface area contributed by atoms with Crippen LogP contribution in [0.1, 0.15) is 12.0 Å². The van der Waals surface area contributed by atoms with Crippen molar-refractivity contribution in [3.8, 4) is 0 Å². The van der Waals surface area contributed by atoms with Crippen molar-refractivity contribution < 1.29 is 9.53 Å². The van der Waals surface area contributed by atoms with E-state index in [4.69, 9.17) is 27.9 Å². The van der Waals surface area contributed by atoms with Crippen molar-refractivity contribution in [2.45, 2.75) is 13.0 Å². The smallest absolute Gasteiger partial charge is 0.310 e. The predicted molar refractivity (Wildman–Crippen MR) is 71.9 cm³/mol. The molecular formula is C13H15Cl2NO2. The fraction of sp³-hybridized carbons (Fsp3) is 0.462. The van der Waals surface area contributed by atoms with Crippen molar-refractivity contribution >= 4 is 29.2 Å². The molecule has 0 saturated carbocycles. The Morgan fingerprint density at radius 2 is 2.11 bits per heavy atom. The van der Waals surface area contributed by atoms with E-state index in [9.17, 15) is 4.79 Å². The molecule has 0 bridgehead atoms. The van der Waals surface area contributed by atoms with E-state index in [-0.39, 0.29) is 11.9 Å². The molecule has 0 spiro atoms. The molecule has 3 nitrogen and oxygen atoms in total. The summed E-state index contributed by atoms with van der Waals surface area (Å²) in [5.41, 5.74) is 0.923. The first kappa shape index (κ1) is 13.7. The minimum atomic E-state index is -0.136. The molecule has 0 amide bonds. The first-order valence-electron chi connectivity index (χ1n) is 5.85. The lowest BCUT2D eigenvalue weighted by Gasteiger charge is -2.17. The average Bonchev–Trinajstić information content (AvgIpc) is 2.81. The van der Waals surface area contributed by atoms with Crippen LogP contribution in [0.4, 0.5) is 0 Å². The number of likely N-dealkylation sites (tertiary alicyclic amines) is 1. The van der Waals surface area contributed by atoms with Gasteiger partial charge in [-0.15, -0.1) is 0 Å². The number of carbonyl (C=O) groups is 1. The number of esters is 1. The SMILES string of the molecule is COC(=O)C1CCN(Cc2c(Cl)cccc2Cl)C1. The third-order valence-electron chi connectivity index (χ3n) is 3.25. The fourth-order valence-electron chi connectivity index (χ4n) is 2.24. The molecule has 18 heavy (non-hydrogen) atoms. The molecule has 1 fully saturated rings. The number of benzene rings is 1. The van der Waals surface area contributed by atoms with E-state index in [0.717, 1.165) is 18.5 Å². The zero-order valence-corrected chi connectivity index (χ0v) is 11.7. The molecular weight excluding hydrogens is 273 g/mol. The topological polar surface area (TPSA) is 29.5 Å². The third kappa shape index (κ3) is 2.97. The monoisotopic (exact) mass is 287 g/mol. The maximum Gasteiger partial charge on any atom is 0.310 e. The Kier molecular flexibility index (Phi) is 4.49. The minimum Gasteiger partial charge on any atom is -0.469 e. The maximum absolute atomic E-state index is 11.4. The van der Waals surface area contributed by atoms with Crippen molar-refractivity contribution in [1.29, 1.82) is 0 Å². The second-order valence-electron chi connectivity index (χ2n) is 4.44. The van der Waals surface area contributed by atoms with Gasteiger partial charge in [0, 0.05) is 28.7 Å². The average molecular weight is 288 g/mol. The van der Waals surface area contributed by atoms with E-state index in [1.54, 1.807) is 0 Å². The number of halogens is 2. The summed E-state index contributed by atoms with van der Waals surface area (Å²) in [6.07, 6.45) is 0.828. The quantitative estimate of drug-likeness (QED) is 0.801. The van der Waals surface area contributed by atoms with Gasteiger partial charge >= 0.3 is 5.97 Å². The molecule has 1 aliphatic rings. The zero-order chi connectivity index (χ0) is 13.1. The van der Waals surface area contributed by atoms with E-state index in [2.05, 4.69) is 4.90 Å². The van der Waals surface area contributed by atoms with Crippen LogP contribution in [0.2, 0.25) is 10.0 Å². The highest BCUT2D eigenvalue weighted by Crippen LogP contribution is 2.28. The van der Waals surface area contributed by atoms with Gasteiger partial charge in [-0.3, -0.25) is 9.69 Å². The lowest BCUT2D eigenvalue weighted by molar-refractivity contribution is -0.144. The molecule has 1 aromatic rings. The molecule has 2 rings (SSSR count). The molecule has 1 atom stereocenters. The van der Waals surface area contributed by atoms with Gasteiger partial charge in [-0.25, -0.2) is 0 Å². The molecule has 0 radical (unpaired) electrons. The summed E-state index contributed by atoms with van der Waals surface area (Å²) in [6.45, 7) is 2.24. The Balaban J connectivity index is 2.02. The van der Waals surface area contributed by atoms with Crippen LogP contribution >= 0.6 is 23.2 Å². The molecule has 1 aliphatic heterocycles. The van der Waals surface area contributed by atoms with Gasteiger partial charge in [0.25, 0.3) is 0 Å². The van der Waals surface area contributed by atoms with E-state index in [0.29, 0.717) is 23.1 Å². The fourth-order valence-corrected chi connectivity index (χ4v) is 2.76. The van der Waals surface area contributed by atoms with Crippen LogP contribution in [0.15, 0.2) is 18.2 Å². The molecule has 0 aliphatic carbocycles. The molecule has 1 heterocycles. The van der Waals surface area contributed by atoms with Gasteiger partial charge in [0.05, 0.1) is 13.0 Å².